The van der Waals surface area contributed by atoms with Gasteiger partial charge in [0.1, 0.15) is 6.54 Å². The molecule has 5 heteroatoms. The van der Waals surface area contributed by atoms with E-state index in [0.717, 1.165) is 23.6 Å². The minimum absolute atomic E-state index is 0.0125. The van der Waals surface area contributed by atoms with Crippen LogP contribution in [0.3, 0.4) is 0 Å². The van der Waals surface area contributed by atoms with Crippen LogP contribution in [0.1, 0.15) is 25.0 Å². The van der Waals surface area contributed by atoms with Crippen molar-refractivity contribution < 1.29 is 19.2 Å². The third kappa shape index (κ3) is 4.12. The first-order chi connectivity index (χ1) is 12.1. The summed E-state index contributed by atoms with van der Waals surface area (Å²) in [4.78, 5) is 13.7. The van der Waals surface area contributed by atoms with E-state index in [4.69, 9.17) is 9.47 Å². The molecule has 132 valence electrons. The summed E-state index contributed by atoms with van der Waals surface area (Å²) in [6, 6.07) is 13.9. The number of rotatable bonds is 6. The molecule has 25 heavy (non-hydrogen) atoms. The van der Waals surface area contributed by atoms with Crippen molar-refractivity contribution in [1.29, 1.82) is 0 Å². The highest BCUT2D eigenvalue weighted by Crippen LogP contribution is 2.34. The van der Waals surface area contributed by atoms with Crippen LogP contribution in [0.5, 0.6) is 11.5 Å². The van der Waals surface area contributed by atoms with Crippen LogP contribution < -0.4 is 19.7 Å². The molecule has 0 bridgehead atoms. The number of quaternary nitrogens is 1. The third-order valence-electron chi connectivity index (χ3n) is 4.69. The molecule has 1 unspecified atom stereocenters. The Morgan fingerprint density at radius 1 is 1.12 bits per heavy atom. The maximum absolute atomic E-state index is 12.5. The average molecular weight is 341 g/mol. The van der Waals surface area contributed by atoms with Gasteiger partial charge in [-0.2, -0.15) is 0 Å². The highest BCUT2D eigenvalue weighted by molar-refractivity contribution is 5.93. The largest absolute Gasteiger partial charge is 0.454 e. The molecule has 0 saturated carbocycles. The minimum atomic E-state index is -0.170. The summed E-state index contributed by atoms with van der Waals surface area (Å²) in [5, 5.41) is 2.96. The van der Waals surface area contributed by atoms with Crippen LogP contribution in [0.4, 0.5) is 5.69 Å². The Kier molecular flexibility index (Phi) is 5.24. The van der Waals surface area contributed by atoms with E-state index >= 15 is 0 Å². The molecule has 1 aliphatic rings. The van der Waals surface area contributed by atoms with E-state index in [-0.39, 0.29) is 18.7 Å². The van der Waals surface area contributed by atoms with Crippen LogP contribution in [-0.4, -0.2) is 25.8 Å². The summed E-state index contributed by atoms with van der Waals surface area (Å²) < 4.78 is 10.6. The number of benzene rings is 2. The molecular weight excluding hydrogens is 316 g/mol. The van der Waals surface area contributed by atoms with Crippen LogP contribution in [-0.2, 0) is 17.8 Å². The zero-order valence-corrected chi connectivity index (χ0v) is 15.0. The van der Waals surface area contributed by atoms with Crippen LogP contribution >= 0.6 is 0 Å². The lowest BCUT2D eigenvalue weighted by Crippen LogP contribution is -3.12. The van der Waals surface area contributed by atoms with Crippen molar-refractivity contribution >= 4 is 11.6 Å². The van der Waals surface area contributed by atoms with Gasteiger partial charge in [-0.1, -0.05) is 31.2 Å². The van der Waals surface area contributed by atoms with E-state index in [1.54, 1.807) is 6.07 Å². The molecule has 0 radical (unpaired) electrons. The van der Waals surface area contributed by atoms with Gasteiger partial charge in [-0.15, -0.1) is 0 Å². The molecule has 1 amide bonds. The van der Waals surface area contributed by atoms with Gasteiger partial charge >= 0.3 is 0 Å². The Morgan fingerprint density at radius 2 is 1.80 bits per heavy atom. The lowest BCUT2D eigenvalue weighted by Gasteiger charge is -2.21. The topological polar surface area (TPSA) is 52.0 Å². The van der Waals surface area contributed by atoms with Crippen LogP contribution in [0.15, 0.2) is 42.5 Å². The number of ether oxygens (including phenoxy) is 2. The van der Waals surface area contributed by atoms with Crippen LogP contribution in [0, 0.1) is 0 Å². The minimum Gasteiger partial charge on any atom is -0.454 e. The number of hydrogen-bond acceptors (Lipinski definition) is 3. The lowest BCUT2D eigenvalue weighted by molar-refractivity contribution is -0.907. The third-order valence-corrected chi connectivity index (χ3v) is 4.69. The Bertz CT molecular complexity index is 743. The standard InChI is InChI=1S/C20H24N2O3/c1-4-15-5-7-16(8-6-15)12-22(3)14(2)20(23)21-17-9-10-18-19(11-17)25-13-24-18/h5-11,14H,4,12-13H2,1-3H3,(H,21,23)/p+1/t14-/m0/s1. The molecule has 2 atom stereocenters. The number of amides is 1. The maximum atomic E-state index is 12.5. The highest BCUT2D eigenvalue weighted by atomic mass is 16.7. The molecule has 1 heterocycles. The Hall–Kier alpha value is -2.53. The molecule has 0 aromatic heterocycles. The maximum Gasteiger partial charge on any atom is 0.282 e. The summed E-state index contributed by atoms with van der Waals surface area (Å²) in [5.74, 6) is 1.37. The van der Waals surface area contributed by atoms with Gasteiger partial charge in [0.15, 0.2) is 17.5 Å². The lowest BCUT2D eigenvalue weighted by atomic mass is 10.1. The zero-order chi connectivity index (χ0) is 17.8. The molecular formula is C20H25N2O3+. The van der Waals surface area contributed by atoms with Crippen LogP contribution in [0.2, 0.25) is 0 Å². The predicted molar refractivity (Wildman–Crippen MR) is 97.1 cm³/mol. The molecule has 3 rings (SSSR count). The highest BCUT2D eigenvalue weighted by Gasteiger charge is 2.23. The summed E-state index contributed by atoms with van der Waals surface area (Å²) in [6.45, 7) is 5.12. The van der Waals surface area contributed by atoms with Crippen molar-refractivity contribution in [2.45, 2.75) is 32.9 Å². The second-order valence-corrected chi connectivity index (χ2v) is 6.47. The van der Waals surface area contributed by atoms with E-state index in [9.17, 15) is 4.79 Å². The van der Waals surface area contributed by atoms with Gasteiger partial charge in [-0.05, 0) is 31.0 Å². The summed E-state index contributed by atoms with van der Waals surface area (Å²) in [6.07, 6.45) is 1.04. The molecule has 1 aliphatic heterocycles. The van der Waals surface area contributed by atoms with Crippen molar-refractivity contribution in [1.82, 2.24) is 0 Å². The number of likely N-dealkylation sites (N-methyl/N-ethyl adjacent to an activating group) is 1. The van der Waals surface area contributed by atoms with Gasteiger partial charge < -0.3 is 19.7 Å². The number of hydrogen-bond donors (Lipinski definition) is 2. The van der Waals surface area contributed by atoms with E-state index in [0.29, 0.717) is 11.5 Å². The molecule has 0 saturated heterocycles. The SMILES string of the molecule is CCc1ccc(C[NH+](C)[C@@H](C)C(=O)Nc2ccc3c(c2)OCO3)cc1. The van der Waals surface area contributed by atoms with Gasteiger partial charge in [0, 0.05) is 17.3 Å². The normalized spacial score (nSPS) is 14.8. The van der Waals surface area contributed by atoms with Crippen molar-refractivity contribution in [2.75, 3.05) is 19.2 Å². The predicted octanol–water partition coefficient (Wildman–Crippen LogP) is 2.02. The first kappa shape index (κ1) is 17.3. The van der Waals surface area contributed by atoms with Crippen LogP contribution in [0.25, 0.3) is 0 Å². The molecule has 2 aromatic carbocycles. The van der Waals surface area contributed by atoms with E-state index in [1.165, 1.54) is 11.1 Å². The summed E-state index contributed by atoms with van der Waals surface area (Å²) in [7, 11) is 2.04. The number of nitrogens with one attached hydrogen (secondary N) is 2. The van der Waals surface area contributed by atoms with E-state index < -0.39 is 0 Å². The first-order valence-corrected chi connectivity index (χ1v) is 8.67. The van der Waals surface area contributed by atoms with Gasteiger partial charge in [-0.25, -0.2) is 0 Å². The Morgan fingerprint density at radius 3 is 2.52 bits per heavy atom. The molecule has 0 spiro atoms. The average Bonchev–Trinajstić information content (AvgIpc) is 3.09. The van der Waals surface area contributed by atoms with Crippen molar-refractivity contribution in [3.63, 3.8) is 0 Å². The Balaban J connectivity index is 1.59. The molecule has 2 N–H and O–H groups in total. The smallest absolute Gasteiger partial charge is 0.282 e. The van der Waals surface area contributed by atoms with E-state index in [1.807, 2.05) is 26.1 Å². The first-order valence-electron chi connectivity index (χ1n) is 8.67. The summed E-state index contributed by atoms with van der Waals surface area (Å²) >= 11 is 0. The molecule has 5 nitrogen and oxygen atoms in total. The molecule has 2 aromatic rings. The van der Waals surface area contributed by atoms with Gasteiger partial charge in [0.05, 0.1) is 7.05 Å². The quantitative estimate of drug-likeness (QED) is 0.845. The Labute approximate surface area is 148 Å². The van der Waals surface area contributed by atoms with Crippen molar-refractivity contribution in [3.8, 4) is 11.5 Å². The van der Waals surface area contributed by atoms with Crippen molar-refractivity contribution in [3.05, 3.63) is 53.6 Å². The van der Waals surface area contributed by atoms with Gasteiger partial charge in [0.25, 0.3) is 5.91 Å². The fourth-order valence-electron chi connectivity index (χ4n) is 2.82. The second kappa shape index (κ2) is 7.57. The number of aryl methyl sites for hydroxylation is 1. The molecule has 0 aliphatic carbocycles. The van der Waals surface area contributed by atoms with Gasteiger partial charge in [0.2, 0.25) is 6.79 Å². The number of carbonyl (C=O) groups excluding carboxylic acids is 1. The van der Waals surface area contributed by atoms with E-state index in [2.05, 4.69) is 36.5 Å². The molecule has 0 fully saturated rings. The number of carbonyl (C=O) groups is 1. The summed E-state index contributed by atoms with van der Waals surface area (Å²) in [5.41, 5.74) is 3.29. The number of anilines is 1. The van der Waals surface area contributed by atoms with Crippen molar-refractivity contribution in [2.24, 2.45) is 0 Å². The monoisotopic (exact) mass is 341 g/mol. The fraction of sp³-hybridized carbons (Fsp3) is 0.350. The fourth-order valence-corrected chi connectivity index (χ4v) is 2.82. The zero-order valence-electron chi connectivity index (χ0n) is 15.0. The second-order valence-electron chi connectivity index (χ2n) is 6.47. The van der Waals surface area contributed by atoms with Gasteiger partial charge in [-0.3, -0.25) is 4.79 Å². The number of fused-ring (bicyclic) bond motifs is 1.